The van der Waals surface area contributed by atoms with Crippen LogP contribution in [0.4, 0.5) is 46.5 Å². The third-order valence-corrected chi connectivity index (χ3v) is 11.7. The van der Waals surface area contributed by atoms with Crippen LogP contribution < -0.4 is 45.9 Å². The van der Waals surface area contributed by atoms with Gasteiger partial charge in [0.05, 0.1) is 0 Å². The predicted octanol–water partition coefficient (Wildman–Crippen LogP) is 3.30. The van der Waals surface area contributed by atoms with E-state index in [0.29, 0.717) is 109 Å². The lowest BCUT2D eigenvalue weighted by Crippen LogP contribution is -2.00. The van der Waals surface area contributed by atoms with Gasteiger partial charge in [-0.3, -0.25) is 0 Å². The van der Waals surface area contributed by atoms with Crippen LogP contribution in [0.2, 0.25) is 0 Å². The Bertz CT molecular complexity index is 3670. The van der Waals surface area contributed by atoms with Crippen molar-refractivity contribution < 1.29 is 0 Å². The number of nitrogens with zero attached hydrogens (tertiary/aromatic N) is 14. The number of nitrogens with one attached hydrogen (secondary N) is 2. The lowest BCUT2D eigenvalue weighted by Gasteiger charge is -2.06. The largest absolute Gasteiger partial charge is 0.382 e. The Labute approximate surface area is 353 Å². The average Bonchev–Trinajstić information content (AvgIpc) is 4.02. The Kier molecular flexibility index (Phi) is 6.44. The molecule has 0 radical (unpaired) electrons. The van der Waals surface area contributed by atoms with Crippen LogP contribution in [0.15, 0.2) is 48.5 Å². The second-order valence-electron chi connectivity index (χ2n) is 15.3. The molecule has 0 spiro atoms. The number of hydrogen-bond acceptors (Lipinski definition) is 22. The summed E-state index contributed by atoms with van der Waals surface area (Å²) >= 11 is 0. The van der Waals surface area contributed by atoms with Crippen LogP contribution in [-0.2, 0) is 0 Å². The minimum atomic E-state index is 0.161. The second-order valence-corrected chi connectivity index (χ2v) is 15.3. The second kappa shape index (κ2) is 11.8. The van der Waals surface area contributed by atoms with E-state index in [1.54, 1.807) is 0 Å². The highest BCUT2D eigenvalue weighted by Gasteiger charge is 2.26. The van der Waals surface area contributed by atoms with E-state index in [1.807, 2.05) is 48.5 Å². The van der Waals surface area contributed by atoms with E-state index in [2.05, 4.69) is 50.8 Å². The van der Waals surface area contributed by atoms with Gasteiger partial charge in [-0.05, 0) is 48.5 Å². The summed E-state index contributed by atoms with van der Waals surface area (Å²) in [5.74, 6) is 2.38. The maximum absolute atomic E-state index is 6.37. The Morgan fingerprint density at radius 2 is 0.422 bits per heavy atom. The zero-order valence-electron chi connectivity index (χ0n) is 32.5. The summed E-state index contributed by atoms with van der Waals surface area (Å²) in [6.45, 7) is 0. The van der Waals surface area contributed by atoms with Crippen LogP contribution in [-0.4, -0.2) is 80.7 Å². The van der Waals surface area contributed by atoms with Gasteiger partial charge in [-0.25, -0.2) is 29.9 Å². The first kappa shape index (κ1) is 34.8. The van der Waals surface area contributed by atoms with Gasteiger partial charge in [0, 0.05) is 86.9 Å². The molecule has 11 aromatic rings. The molecular formula is C40H26N24. The van der Waals surface area contributed by atoms with E-state index >= 15 is 0 Å². The van der Waals surface area contributed by atoms with Crippen molar-refractivity contribution in [3.63, 3.8) is 0 Å². The number of aromatic nitrogens is 16. The molecule has 306 valence electrons. The van der Waals surface area contributed by atoms with Gasteiger partial charge in [0.2, 0.25) is 0 Å². The van der Waals surface area contributed by atoms with Gasteiger partial charge in [0.15, 0.2) is 69.8 Å². The molecule has 9 heterocycles. The van der Waals surface area contributed by atoms with Crippen LogP contribution in [0, 0.1) is 0 Å². The summed E-state index contributed by atoms with van der Waals surface area (Å²) in [4.78, 5) is 37.5. The molecule has 13 rings (SSSR count). The number of rotatable bonds is 0. The monoisotopic (exact) mass is 842 g/mol. The molecule has 0 saturated heterocycles. The smallest absolute Gasteiger partial charge is 0.164 e. The Morgan fingerprint density at radius 3 is 0.625 bits per heavy atom. The third-order valence-electron chi connectivity index (χ3n) is 11.7. The van der Waals surface area contributed by atoms with E-state index in [1.165, 1.54) is 0 Å². The third kappa shape index (κ3) is 4.68. The molecule has 18 N–H and O–H groups in total. The number of H-pyrrole nitrogens is 2. The predicted molar refractivity (Wildman–Crippen MR) is 244 cm³/mol. The maximum atomic E-state index is 6.37. The molecule has 0 saturated carbocycles. The molecule has 7 aromatic heterocycles. The van der Waals surface area contributed by atoms with Gasteiger partial charge in [-0.2, -0.15) is 0 Å². The molecule has 2 aliphatic heterocycles. The number of fused-ring (bicyclic) bond motifs is 24. The first-order valence-electron chi connectivity index (χ1n) is 19.2. The molecule has 64 heavy (non-hydrogen) atoms. The van der Waals surface area contributed by atoms with Crippen molar-refractivity contribution in [2.24, 2.45) is 0 Å². The molecule has 0 unspecified atom stereocenters. The molecule has 0 aliphatic carbocycles. The lowest BCUT2D eigenvalue weighted by molar-refractivity contribution is 1.07. The normalized spacial score (nSPS) is 12.2. The highest BCUT2D eigenvalue weighted by atomic mass is 15.2. The molecule has 8 bridgehead atoms. The van der Waals surface area contributed by atoms with Crippen LogP contribution in [0.1, 0.15) is 0 Å². The van der Waals surface area contributed by atoms with Gasteiger partial charge in [-0.1, -0.05) is 0 Å². The van der Waals surface area contributed by atoms with Gasteiger partial charge in [-0.15, -0.1) is 40.8 Å². The van der Waals surface area contributed by atoms with Crippen molar-refractivity contribution >= 4 is 134 Å². The minimum absolute atomic E-state index is 0.161. The van der Waals surface area contributed by atoms with Crippen LogP contribution in [0.25, 0.3) is 133 Å². The molecule has 4 aromatic carbocycles. The zero-order valence-corrected chi connectivity index (χ0v) is 32.5. The van der Waals surface area contributed by atoms with E-state index in [4.69, 9.17) is 75.8 Å². The molecule has 0 amide bonds. The van der Waals surface area contributed by atoms with Crippen LogP contribution in [0.5, 0.6) is 0 Å². The summed E-state index contributed by atoms with van der Waals surface area (Å²) in [7, 11) is 0. The maximum Gasteiger partial charge on any atom is 0.164 e. The van der Waals surface area contributed by atoms with E-state index in [-0.39, 0.29) is 69.8 Å². The lowest BCUT2D eigenvalue weighted by atomic mass is 10.0. The van der Waals surface area contributed by atoms with Gasteiger partial charge >= 0.3 is 0 Å². The summed E-state index contributed by atoms with van der Waals surface area (Å²) in [5, 5.41) is 39.3. The van der Waals surface area contributed by atoms with Crippen molar-refractivity contribution in [2.75, 3.05) is 45.9 Å². The number of benzene rings is 4. The fourth-order valence-electron chi connectivity index (χ4n) is 8.53. The van der Waals surface area contributed by atoms with Crippen molar-refractivity contribution in [3.05, 3.63) is 48.5 Å². The number of aromatic amines is 2. The SMILES string of the molecule is Nc1nnc(N)c2cc3c(cc12)-c1nc-3nc2[nH]c(nc3nc(nc4[nH]c(n1)c1cc5c(N)nnc(N)c5cc41)-c1cc4c(N)nnc(N)c4cc1-3)c1cc3c(N)nnc(N)c3cc21. The summed E-state index contributed by atoms with van der Waals surface area (Å²) in [6, 6.07) is 14.5. The van der Waals surface area contributed by atoms with Gasteiger partial charge in [0.25, 0.3) is 0 Å². The van der Waals surface area contributed by atoms with Crippen LogP contribution in [0.3, 0.4) is 0 Å². The fraction of sp³-hybridized carbons (Fsp3) is 0. The summed E-state index contributed by atoms with van der Waals surface area (Å²) < 4.78 is 0. The van der Waals surface area contributed by atoms with E-state index < -0.39 is 0 Å². The van der Waals surface area contributed by atoms with Gasteiger partial charge in [0.1, 0.15) is 22.6 Å². The molecule has 0 atom stereocenters. The first-order valence-corrected chi connectivity index (χ1v) is 19.2. The van der Waals surface area contributed by atoms with E-state index in [9.17, 15) is 0 Å². The summed E-state index contributed by atoms with van der Waals surface area (Å²) in [6.07, 6.45) is 0. The average molecular weight is 843 g/mol. The van der Waals surface area contributed by atoms with Crippen LogP contribution >= 0.6 is 0 Å². The van der Waals surface area contributed by atoms with Crippen molar-refractivity contribution in [1.82, 2.24) is 80.7 Å². The molecule has 24 nitrogen and oxygen atoms in total. The highest BCUT2D eigenvalue weighted by Crippen LogP contribution is 2.43. The van der Waals surface area contributed by atoms with Gasteiger partial charge < -0.3 is 55.8 Å². The standard InChI is InChI=1S/C40H26N24/c41-25-9-1-17-18(2-10(9)26(42)58-57-25)34-49-33(17)53-35-19-3-11-12(28(44)60-59-27(11)43)4-20(19)37(50-35)55-39-23-7-15-16(32(48)64-63-31(15)47)8-24(23)40(52-39)56-38-22-6-14-13(29(45)61-62-30(14)46)5-21(22)36(51-38)54-34/h1-8H,(H2,41,57)(H2,42,58)(H2,43,59)(H2,44,60)(H2,45,61)(H2,46,62)(H2,47,63)(H2,48,64)(H2,49,50,51,52,53,54,55,56). The topological polar surface area (TPSA) is 420 Å². The Balaban J connectivity index is 1.25. The molecule has 0 fully saturated rings. The van der Waals surface area contributed by atoms with Crippen molar-refractivity contribution in [3.8, 4) is 45.6 Å². The van der Waals surface area contributed by atoms with Crippen molar-refractivity contribution in [2.45, 2.75) is 0 Å². The fourth-order valence-corrected chi connectivity index (χ4v) is 8.53. The number of anilines is 8. The quantitative estimate of drug-likeness (QED) is 0.105. The molecule has 24 heteroatoms. The summed E-state index contributed by atoms with van der Waals surface area (Å²) in [5.41, 5.74) is 54.7. The zero-order chi connectivity index (χ0) is 43.4. The van der Waals surface area contributed by atoms with E-state index in [0.717, 1.165) is 0 Å². The first-order chi connectivity index (χ1) is 30.9. The Hall–Kier alpha value is -10.0. The molecule has 2 aliphatic rings. The number of hydrogen-bond donors (Lipinski definition) is 10. The highest BCUT2D eigenvalue weighted by molar-refractivity contribution is 6.16. The van der Waals surface area contributed by atoms with Crippen molar-refractivity contribution in [1.29, 1.82) is 0 Å². The number of nitrogens with two attached hydrogens (primary N) is 8. The molecular weight excluding hydrogens is 817 g/mol. The minimum Gasteiger partial charge on any atom is -0.382 e. The Morgan fingerprint density at radius 1 is 0.234 bits per heavy atom. The number of nitrogen functional groups attached to an aromatic ring is 8.